The molecule has 132 valence electrons. The molecule has 0 spiro atoms. The van der Waals surface area contributed by atoms with Crippen LogP contribution < -0.4 is 4.80 Å². The van der Waals surface area contributed by atoms with Gasteiger partial charge < -0.3 is 4.57 Å². The molecule has 2 aromatic carbocycles. The summed E-state index contributed by atoms with van der Waals surface area (Å²) in [5, 5.41) is 14.3. The molecular weight excluding hydrogens is 393 g/mol. The molecule has 26 heavy (non-hydrogen) atoms. The van der Waals surface area contributed by atoms with Crippen molar-refractivity contribution in [1.82, 2.24) is 4.57 Å². The van der Waals surface area contributed by atoms with Crippen LogP contribution in [0.2, 0.25) is 10.0 Å². The molecule has 0 unspecified atom stereocenters. The van der Waals surface area contributed by atoms with Crippen LogP contribution in [-0.4, -0.2) is 9.49 Å². The van der Waals surface area contributed by atoms with Gasteiger partial charge in [-0.25, -0.2) is 4.99 Å². The van der Waals surface area contributed by atoms with Crippen LogP contribution in [0.3, 0.4) is 0 Å². The lowest BCUT2D eigenvalue weighted by molar-refractivity contribution is -0.384. The minimum absolute atomic E-state index is 0.000616. The van der Waals surface area contributed by atoms with Crippen LogP contribution >= 0.6 is 34.5 Å². The number of hydrogen-bond acceptors (Lipinski definition) is 4. The van der Waals surface area contributed by atoms with E-state index in [0.717, 1.165) is 28.9 Å². The van der Waals surface area contributed by atoms with Gasteiger partial charge in [-0.2, -0.15) is 0 Å². The first-order valence-electron chi connectivity index (χ1n) is 7.98. The van der Waals surface area contributed by atoms with Gasteiger partial charge in [0.1, 0.15) is 5.69 Å². The van der Waals surface area contributed by atoms with Crippen molar-refractivity contribution in [3.63, 3.8) is 0 Å². The highest BCUT2D eigenvalue weighted by atomic mass is 35.5. The third-order valence-electron chi connectivity index (χ3n) is 4.16. The lowest BCUT2D eigenvalue weighted by Gasteiger charge is -2.08. The molecule has 0 N–H and O–H groups in total. The van der Waals surface area contributed by atoms with Gasteiger partial charge in [0.25, 0.3) is 5.69 Å². The molecule has 0 radical (unpaired) electrons. The number of aromatic nitrogens is 1. The molecule has 5 nitrogen and oxygen atoms in total. The summed E-state index contributed by atoms with van der Waals surface area (Å²) in [7, 11) is 0. The van der Waals surface area contributed by atoms with Crippen LogP contribution in [0.15, 0.2) is 52.8 Å². The molecule has 0 aliphatic heterocycles. The highest BCUT2D eigenvalue weighted by Gasteiger charge is 2.27. The average Bonchev–Trinajstić information content (AvgIpc) is 3.38. The Morgan fingerprint density at radius 3 is 2.62 bits per heavy atom. The minimum Gasteiger partial charge on any atom is -0.313 e. The zero-order valence-electron chi connectivity index (χ0n) is 13.4. The van der Waals surface area contributed by atoms with Crippen molar-refractivity contribution >= 4 is 45.9 Å². The first kappa shape index (κ1) is 17.3. The fourth-order valence-corrected chi connectivity index (χ4v) is 4.05. The second-order valence-corrected chi connectivity index (χ2v) is 7.64. The molecule has 0 bridgehead atoms. The number of benzene rings is 2. The predicted octanol–water partition coefficient (Wildman–Crippen LogP) is 6.00. The number of hydrogen-bond donors (Lipinski definition) is 0. The maximum atomic E-state index is 11.3. The van der Waals surface area contributed by atoms with Gasteiger partial charge >= 0.3 is 0 Å². The number of para-hydroxylation sites is 2. The largest absolute Gasteiger partial charge is 0.313 e. The fourth-order valence-electron chi connectivity index (χ4n) is 2.77. The maximum absolute atomic E-state index is 11.3. The van der Waals surface area contributed by atoms with Crippen molar-refractivity contribution in [2.24, 2.45) is 4.99 Å². The molecule has 0 saturated heterocycles. The fraction of sp³-hybridized carbons (Fsp3) is 0.167. The van der Waals surface area contributed by atoms with Crippen LogP contribution in [-0.2, 0) is 0 Å². The van der Waals surface area contributed by atoms with E-state index in [0.29, 0.717) is 21.8 Å². The van der Waals surface area contributed by atoms with Crippen LogP contribution in [0, 0.1) is 10.1 Å². The molecule has 0 atom stereocenters. The minimum atomic E-state index is -0.409. The van der Waals surface area contributed by atoms with Gasteiger partial charge in [-0.15, -0.1) is 11.3 Å². The Kier molecular flexibility index (Phi) is 4.56. The van der Waals surface area contributed by atoms with E-state index >= 15 is 0 Å². The molecule has 0 amide bonds. The molecular formula is C18H13Cl2N3O2S. The molecule has 1 aromatic heterocycles. The van der Waals surface area contributed by atoms with Crippen LogP contribution in [0.25, 0.3) is 11.3 Å². The molecule has 1 aliphatic rings. The zero-order chi connectivity index (χ0) is 18.3. The molecule has 1 fully saturated rings. The first-order chi connectivity index (χ1) is 12.5. The zero-order valence-corrected chi connectivity index (χ0v) is 15.8. The third kappa shape index (κ3) is 3.28. The van der Waals surface area contributed by atoms with Gasteiger partial charge in [-0.1, -0.05) is 41.4 Å². The summed E-state index contributed by atoms with van der Waals surface area (Å²) in [4.78, 5) is 16.2. The number of rotatable bonds is 4. The normalized spacial score (nSPS) is 14.6. The Labute approximate surface area is 163 Å². The Morgan fingerprint density at radius 1 is 1.15 bits per heavy atom. The van der Waals surface area contributed by atoms with E-state index in [9.17, 15) is 10.1 Å². The van der Waals surface area contributed by atoms with E-state index in [1.54, 1.807) is 24.3 Å². The molecule has 4 rings (SSSR count). The summed E-state index contributed by atoms with van der Waals surface area (Å²) < 4.78 is 2.14. The first-order valence-corrected chi connectivity index (χ1v) is 9.62. The third-order valence-corrected chi connectivity index (χ3v) is 5.74. The SMILES string of the molecule is O=[N+]([O-])c1ccccc1N=c1scc(-c2ccc(Cl)c(Cl)c2)n1C1CC1. The smallest absolute Gasteiger partial charge is 0.294 e. The Balaban J connectivity index is 1.88. The number of thiazole rings is 1. The summed E-state index contributed by atoms with van der Waals surface area (Å²) in [5.41, 5.74) is 2.30. The van der Waals surface area contributed by atoms with Gasteiger partial charge in [0.05, 0.1) is 20.7 Å². The van der Waals surface area contributed by atoms with Crippen molar-refractivity contribution in [2.45, 2.75) is 18.9 Å². The monoisotopic (exact) mass is 405 g/mol. The van der Waals surface area contributed by atoms with Crippen molar-refractivity contribution in [2.75, 3.05) is 0 Å². The lowest BCUT2D eigenvalue weighted by Crippen LogP contribution is -2.14. The Hall–Kier alpha value is -2.15. The second kappa shape index (κ2) is 6.87. The summed E-state index contributed by atoms with van der Waals surface area (Å²) in [6.07, 6.45) is 2.13. The second-order valence-electron chi connectivity index (χ2n) is 5.99. The molecule has 8 heteroatoms. The predicted molar refractivity (Wildman–Crippen MR) is 104 cm³/mol. The van der Waals surface area contributed by atoms with E-state index in [1.165, 1.54) is 17.4 Å². The van der Waals surface area contributed by atoms with E-state index in [4.69, 9.17) is 23.2 Å². The molecule has 3 aromatic rings. The Morgan fingerprint density at radius 2 is 1.92 bits per heavy atom. The van der Waals surface area contributed by atoms with Crippen LogP contribution in [0.5, 0.6) is 0 Å². The maximum Gasteiger partial charge on any atom is 0.294 e. The van der Waals surface area contributed by atoms with Crippen LogP contribution in [0.4, 0.5) is 11.4 Å². The van der Waals surface area contributed by atoms with Crippen LogP contribution in [0.1, 0.15) is 18.9 Å². The van der Waals surface area contributed by atoms with E-state index in [1.807, 2.05) is 17.5 Å². The Bertz CT molecular complexity index is 1070. The van der Waals surface area contributed by atoms with Gasteiger partial charge in [0.2, 0.25) is 0 Å². The number of nitro groups is 1. The number of nitrogens with zero attached hydrogens (tertiary/aromatic N) is 3. The van der Waals surface area contributed by atoms with Gasteiger partial charge in [0, 0.05) is 23.1 Å². The van der Waals surface area contributed by atoms with Crippen molar-refractivity contribution in [3.8, 4) is 11.3 Å². The van der Waals surface area contributed by atoms with Crippen molar-refractivity contribution in [3.05, 3.63) is 72.8 Å². The summed E-state index contributed by atoms with van der Waals surface area (Å²) in [6, 6.07) is 12.4. The summed E-state index contributed by atoms with van der Waals surface area (Å²) in [5.74, 6) is 0. The topological polar surface area (TPSA) is 60.4 Å². The van der Waals surface area contributed by atoms with Crippen molar-refractivity contribution in [1.29, 1.82) is 0 Å². The molecule has 1 aliphatic carbocycles. The quantitative estimate of drug-likeness (QED) is 0.394. The van der Waals surface area contributed by atoms with E-state index in [2.05, 4.69) is 9.56 Å². The van der Waals surface area contributed by atoms with Gasteiger partial charge in [0.15, 0.2) is 4.80 Å². The van der Waals surface area contributed by atoms with Crippen molar-refractivity contribution < 1.29 is 4.92 Å². The highest BCUT2D eigenvalue weighted by Crippen LogP contribution is 2.39. The molecule has 1 saturated carbocycles. The van der Waals surface area contributed by atoms with Gasteiger partial charge in [-0.05, 0) is 31.0 Å². The number of halogens is 2. The molecule has 1 heterocycles. The van der Waals surface area contributed by atoms with E-state index < -0.39 is 4.92 Å². The highest BCUT2D eigenvalue weighted by molar-refractivity contribution is 7.07. The average molecular weight is 406 g/mol. The lowest BCUT2D eigenvalue weighted by atomic mass is 10.2. The number of nitro benzene ring substituents is 1. The summed E-state index contributed by atoms with van der Waals surface area (Å²) >= 11 is 13.7. The standard InChI is InChI=1S/C18H13Cl2N3O2S/c19-13-8-5-11(9-14(13)20)17-10-26-18(22(17)12-6-7-12)21-15-3-1-2-4-16(15)23(24)25/h1-5,8-10,12H,6-7H2. The van der Waals surface area contributed by atoms with Gasteiger partial charge in [-0.3, -0.25) is 10.1 Å². The summed E-state index contributed by atoms with van der Waals surface area (Å²) in [6.45, 7) is 0. The van der Waals surface area contributed by atoms with E-state index in [-0.39, 0.29) is 5.69 Å².